The molecule has 0 bridgehead atoms. The standard InChI is InChI=1S/C30H64O5Si/c1-5-9-13-17-21-25-31-29-30-35-36(32-26-22-18-14-10-6-2,33-27-23-19-15-11-7-3)34-28-24-20-16-12-8-4/h5-30H2,1-4H3. The number of hydrogen-bond donors (Lipinski definition) is 0. The van der Waals surface area contributed by atoms with Crippen LogP contribution in [-0.2, 0) is 22.4 Å². The van der Waals surface area contributed by atoms with Gasteiger partial charge in [0.25, 0.3) is 0 Å². The summed E-state index contributed by atoms with van der Waals surface area (Å²) in [4.78, 5) is 0. The van der Waals surface area contributed by atoms with Gasteiger partial charge >= 0.3 is 9.05 Å². The van der Waals surface area contributed by atoms with Gasteiger partial charge in [-0.3, -0.25) is 0 Å². The van der Waals surface area contributed by atoms with Crippen LogP contribution in [0, 0.1) is 0 Å². The molecule has 0 fully saturated rings. The lowest BCUT2D eigenvalue weighted by Gasteiger charge is -2.28. The first kappa shape index (κ1) is 36.0. The van der Waals surface area contributed by atoms with Crippen LogP contribution >= 0.6 is 0 Å². The van der Waals surface area contributed by atoms with Gasteiger partial charge in [0.1, 0.15) is 0 Å². The fourth-order valence-corrected chi connectivity index (χ4v) is 6.11. The molecule has 0 saturated carbocycles. The van der Waals surface area contributed by atoms with Crippen molar-refractivity contribution in [3.05, 3.63) is 0 Å². The Morgan fingerprint density at radius 2 is 0.611 bits per heavy atom. The summed E-state index contributed by atoms with van der Waals surface area (Å²) >= 11 is 0. The summed E-state index contributed by atoms with van der Waals surface area (Å²) < 4.78 is 31.2. The molecule has 36 heavy (non-hydrogen) atoms. The van der Waals surface area contributed by atoms with E-state index in [-0.39, 0.29) is 0 Å². The molecule has 218 valence electrons. The number of unbranched alkanes of at least 4 members (excludes halogenated alkanes) is 16. The van der Waals surface area contributed by atoms with Crippen molar-refractivity contribution in [1.82, 2.24) is 0 Å². The molecule has 0 atom stereocenters. The second kappa shape index (κ2) is 29.6. The van der Waals surface area contributed by atoms with Gasteiger partial charge < -0.3 is 22.4 Å². The van der Waals surface area contributed by atoms with Gasteiger partial charge in [0.2, 0.25) is 0 Å². The van der Waals surface area contributed by atoms with E-state index in [0.717, 1.165) is 32.3 Å². The fraction of sp³-hybridized carbons (Fsp3) is 1.00. The molecule has 0 aliphatic heterocycles. The highest BCUT2D eigenvalue weighted by Crippen LogP contribution is 2.17. The third-order valence-corrected chi connectivity index (χ3v) is 8.71. The molecule has 0 unspecified atom stereocenters. The van der Waals surface area contributed by atoms with Crippen molar-refractivity contribution >= 4 is 9.05 Å². The predicted octanol–water partition coefficient (Wildman–Crippen LogP) is 9.39. The second-order valence-corrected chi connectivity index (χ2v) is 12.3. The van der Waals surface area contributed by atoms with E-state index in [2.05, 4.69) is 27.7 Å². The van der Waals surface area contributed by atoms with Crippen molar-refractivity contribution in [1.29, 1.82) is 0 Å². The summed E-state index contributed by atoms with van der Waals surface area (Å²) in [5.74, 6) is 0. The van der Waals surface area contributed by atoms with Crippen LogP contribution in [0.1, 0.15) is 156 Å². The zero-order chi connectivity index (χ0) is 26.4. The summed E-state index contributed by atoms with van der Waals surface area (Å²) in [6, 6.07) is 0. The highest BCUT2D eigenvalue weighted by Gasteiger charge is 2.45. The summed E-state index contributed by atoms with van der Waals surface area (Å²) in [5, 5.41) is 0. The Hall–Kier alpha value is 0.0169. The molecular weight excluding hydrogens is 468 g/mol. The Bertz CT molecular complexity index is 370. The lowest BCUT2D eigenvalue weighted by Crippen LogP contribution is -2.50. The van der Waals surface area contributed by atoms with Crippen LogP contribution in [-0.4, -0.2) is 48.7 Å². The van der Waals surface area contributed by atoms with Gasteiger partial charge in [-0.05, 0) is 25.7 Å². The van der Waals surface area contributed by atoms with E-state index in [1.54, 1.807) is 0 Å². The van der Waals surface area contributed by atoms with E-state index in [1.807, 2.05) is 0 Å². The lowest BCUT2D eigenvalue weighted by atomic mass is 10.2. The van der Waals surface area contributed by atoms with Crippen molar-refractivity contribution in [2.45, 2.75) is 156 Å². The minimum absolute atomic E-state index is 0.475. The first-order chi connectivity index (χ1) is 17.7. The molecule has 0 radical (unpaired) electrons. The van der Waals surface area contributed by atoms with Crippen molar-refractivity contribution in [3.8, 4) is 0 Å². The van der Waals surface area contributed by atoms with Gasteiger partial charge in [-0.15, -0.1) is 0 Å². The van der Waals surface area contributed by atoms with E-state index in [1.165, 1.54) is 103 Å². The monoisotopic (exact) mass is 532 g/mol. The smallest absolute Gasteiger partial charge is 0.379 e. The van der Waals surface area contributed by atoms with Crippen LogP contribution in [0.3, 0.4) is 0 Å². The molecule has 0 aromatic carbocycles. The van der Waals surface area contributed by atoms with Crippen LogP contribution < -0.4 is 0 Å². The van der Waals surface area contributed by atoms with Gasteiger partial charge in [0.05, 0.1) is 13.2 Å². The second-order valence-electron chi connectivity index (χ2n) is 10.2. The van der Waals surface area contributed by atoms with Crippen LogP contribution in [0.25, 0.3) is 0 Å². The maximum atomic E-state index is 6.35. The zero-order valence-corrected chi connectivity index (χ0v) is 25.9. The van der Waals surface area contributed by atoms with E-state index in [0.29, 0.717) is 33.0 Å². The molecule has 0 saturated heterocycles. The average Bonchev–Trinajstić information content (AvgIpc) is 2.89. The Morgan fingerprint density at radius 1 is 0.306 bits per heavy atom. The molecule has 0 aliphatic carbocycles. The first-order valence-corrected chi connectivity index (χ1v) is 17.5. The molecule has 0 amide bonds. The number of ether oxygens (including phenoxy) is 1. The van der Waals surface area contributed by atoms with Gasteiger partial charge in [-0.2, -0.15) is 0 Å². The van der Waals surface area contributed by atoms with Gasteiger partial charge in [-0.25, -0.2) is 0 Å². The van der Waals surface area contributed by atoms with Crippen LogP contribution in [0.5, 0.6) is 0 Å². The number of rotatable bonds is 31. The highest BCUT2D eigenvalue weighted by atomic mass is 28.4. The summed E-state index contributed by atoms with van der Waals surface area (Å²) in [6.07, 6.45) is 24.3. The van der Waals surface area contributed by atoms with Crippen molar-refractivity contribution in [2.24, 2.45) is 0 Å². The largest absolute Gasteiger partial charge is 0.679 e. The maximum absolute atomic E-state index is 6.35. The molecule has 5 nitrogen and oxygen atoms in total. The Kier molecular flexibility index (Phi) is 29.6. The van der Waals surface area contributed by atoms with Gasteiger partial charge in [0.15, 0.2) is 0 Å². The Balaban J connectivity index is 4.72. The molecule has 0 heterocycles. The topological polar surface area (TPSA) is 46.2 Å². The Morgan fingerprint density at radius 3 is 0.972 bits per heavy atom. The SMILES string of the molecule is CCCCCCCOCCO[Si](OCCCCCCC)(OCCCCCCC)OCCCCCCC. The highest BCUT2D eigenvalue weighted by molar-refractivity contribution is 6.53. The molecule has 0 N–H and O–H groups in total. The maximum Gasteiger partial charge on any atom is 0.679 e. The summed E-state index contributed by atoms with van der Waals surface area (Å²) in [6.45, 7) is 12.8. The van der Waals surface area contributed by atoms with E-state index in [4.69, 9.17) is 22.4 Å². The summed E-state index contributed by atoms with van der Waals surface area (Å²) in [7, 11) is -3.17. The van der Waals surface area contributed by atoms with E-state index < -0.39 is 9.05 Å². The lowest BCUT2D eigenvalue weighted by molar-refractivity contribution is -0.0474. The summed E-state index contributed by atoms with van der Waals surface area (Å²) in [5.41, 5.74) is 0. The molecule has 6 heteroatoms. The Labute approximate surface area is 227 Å². The third kappa shape index (κ3) is 24.4. The predicted molar refractivity (Wildman–Crippen MR) is 155 cm³/mol. The quantitative estimate of drug-likeness (QED) is 0.0657. The number of hydrogen-bond acceptors (Lipinski definition) is 5. The van der Waals surface area contributed by atoms with Crippen LogP contribution in [0.15, 0.2) is 0 Å². The zero-order valence-electron chi connectivity index (χ0n) is 24.9. The molecule has 0 spiro atoms. The van der Waals surface area contributed by atoms with Crippen molar-refractivity contribution in [2.75, 3.05) is 39.6 Å². The molecule has 0 aromatic heterocycles. The molecular formula is C30H64O5Si. The van der Waals surface area contributed by atoms with Gasteiger partial charge in [0, 0.05) is 26.4 Å². The van der Waals surface area contributed by atoms with Crippen LogP contribution in [0.4, 0.5) is 0 Å². The first-order valence-electron chi connectivity index (χ1n) is 15.9. The van der Waals surface area contributed by atoms with Gasteiger partial charge in [-0.1, -0.05) is 130 Å². The molecule has 0 aromatic rings. The van der Waals surface area contributed by atoms with E-state index in [9.17, 15) is 0 Å². The normalized spacial score (nSPS) is 12.0. The third-order valence-electron chi connectivity index (χ3n) is 6.48. The van der Waals surface area contributed by atoms with Crippen LogP contribution in [0.2, 0.25) is 0 Å². The minimum Gasteiger partial charge on any atom is -0.379 e. The minimum atomic E-state index is -3.17. The van der Waals surface area contributed by atoms with Crippen molar-refractivity contribution in [3.63, 3.8) is 0 Å². The molecule has 0 rings (SSSR count). The average molecular weight is 533 g/mol. The fourth-order valence-electron chi connectivity index (χ4n) is 4.09. The molecule has 0 aliphatic rings. The van der Waals surface area contributed by atoms with Crippen molar-refractivity contribution < 1.29 is 22.4 Å². The van der Waals surface area contributed by atoms with E-state index >= 15 is 0 Å².